The van der Waals surface area contributed by atoms with Crippen LogP contribution in [0.1, 0.15) is 69.7 Å². The first-order valence-corrected chi connectivity index (χ1v) is 10.4. The second kappa shape index (κ2) is 7.26. The standard InChI is InChI=1S/C21H32N4O/c1-3-20-22-14-18(15-23-20)17-4-8-25(9-5-17)19-12-21(13-19)6-10-24(11-7-21)16(2)26/h14-15,17,19H,3-13H2,1-2H3. The van der Waals surface area contributed by atoms with E-state index in [2.05, 4.69) is 21.8 Å². The lowest BCUT2D eigenvalue weighted by molar-refractivity contribution is -0.133. The number of amides is 1. The molecule has 1 amide bonds. The van der Waals surface area contributed by atoms with Gasteiger partial charge < -0.3 is 9.80 Å². The summed E-state index contributed by atoms with van der Waals surface area (Å²) in [5.74, 6) is 1.82. The molecule has 1 aromatic rings. The molecular weight excluding hydrogens is 324 g/mol. The molecule has 1 aliphatic carbocycles. The topological polar surface area (TPSA) is 49.3 Å². The summed E-state index contributed by atoms with van der Waals surface area (Å²) in [6, 6.07) is 0.776. The number of aryl methyl sites for hydroxylation is 1. The maximum atomic E-state index is 11.5. The van der Waals surface area contributed by atoms with Crippen LogP contribution >= 0.6 is 0 Å². The Bertz CT molecular complexity index is 620. The van der Waals surface area contributed by atoms with Gasteiger partial charge in [0.25, 0.3) is 0 Å². The van der Waals surface area contributed by atoms with E-state index >= 15 is 0 Å². The van der Waals surface area contributed by atoms with Crippen LogP contribution in [0.2, 0.25) is 0 Å². The molecule has 0 bridgehead atoms. The third kappa shape index (κ3) is 3.51. The van der Waals surface area contributed by atoms with Gasteiger partial charge in [0.1, 0.15) is 5.82 Å². The molecule has 0 unspecified atom stereocenters. The molecule has 3 aliphatic rings. The molecule has 1 spiro atoms. The fourth-order valence-electron chi connectivity index (χ4n) is 5.26. The van der Waals surface area contributed by atoms with Crippen LogP contribution < -0.4 is 0 Å². The van der Waals surface area contributed by atoms with Crippen molar-refractivity contribution in [3.05, 3.63) is 23.8 Å². The quantitative estimate of drug-likeness (QED) is 0.835. The Morgan fingerprint density at radius 1 is 1.12 bits per heavy atom. The molecule has 1 aromatic heterocycles. The molecule has 0 N–H and O–H groups in total. The lowest BCUT2D eigenvalue weighted by Gasteiger charge is -2.56. The van der Waals surface area contributed by atoms with Crippen molar-refractivity contribution in [2.24, 2.45) is 5.41 Å². The van der Waals surface area contributed by atoms with E-state index in [4.69, 9.17) is 0 Å². The van der Waals surface area contributed by atoms with Gasteiger partial charge in [-0.1, -0.05) is 6.92 Å². The Morgan fingerprint density at radius 2 is 1.73 bits per heavy atom. The number of nitrogens with zero attached hydrogens (tertiary/aromatic N) is 4. The summed E-state index contributed by atoms with van der Waals surface area (Å²) in [6.07, 6.45) is 12.6. The minimum Gasteiger partial charge on any atom is -0.343 e. The Morgan fingerprint density at radius 3 is 2.27 bits per heavy atom. The van der Waals surface area contributed by atoms with Crippen molar-refractivity contribution >= 4 is 5.91 Å². The highest BCUT2D eigenvalue weighted by atomic mass is 16.2. The van der Waals surface area contributed by atoms with Crippen LogP contribution in [0.25, 0.3) is 0 Å². The Labute approximate surface area is 157 Å². The summed E-state index contributed by atoms with van der Waals surface area (Å²) in [5, 5.41) is 0. The Kier molecular flexibility index (Phi) is 5.00. The smallest absolute Gasteiger partial charge is 0.219 e. The number of piperidine rings is 2. The monoisotopic (exact) mass is 356 g/mol. The van der Waals surface area contributed by atoms with Crippen LogP contribution in [0.15, 0.2) is 12.4 Å². The SMILES string of the molecule is CCc1ncc(C2CCN(C3CC4(CCN(C(C)=O)CC4)C3)CC2)cn1. The number of aromatic nitrogens is 2. The van der Waals surface area contributed by atoms with Crippen LogP contribution in [0, 0.1) is 5.41 Å². The fourth-order valence-corrected chi connectivity index (χ4v) is 5.26. The molecule has 2 aliphatic heterocycles. The van der Waals surface area contributed by atoms with Crippen LogP contribution in [-0.4, -0.2) is 57.9 Å². The third-order valence-electron chi connectivity index (χ3n) is 7.17. The van der Waals surface area contributed by atoms with Crippen molar-refractivity contribution in [2.75, 3.05) is 26.2 Å². The summed E-state index contributed by atoms with van der Waals surface area (Å²) in [4.78, 5) is 25.2. The second-order valence-electron chi connectivity index (χ2n) is 8.66. The number of hydrogen-bond donors (Lipinski definition) is 0. The largest absolute Gasteiger partial charge is 0.343 e. The van der Waals surface area contributed by atoms with E-state index in [1.54, 1.807) is 6.92 Å². The summed E-state index contributed by atoms with van der Waals surface area (Å²) in [7, 11) is 0. The van der Waals surface area contributed by atoms with Gasteiger partial charge >= 0.3 is 0 Å². The van der Waals surface area contributed by atoms with Crippen molar-refractivity contribution in [3.8, 4) is 0 Å². The number of carbonyl (C=O) groups is 1. The van der Waals surface area contributed by atoms with Gasteiger partial charge in [0, 0.05) is 44.9 Å². The van der Waals surface area contributed by atoms with Crippen LogP contribution in [0.5, 0.6) is 0 Å². The highest BCUT2D eigenvalue weighted by Crippen LogP contribution is 2.51. The molecular formula is C21H32N4O. The molecule has 3 heterocycles. The van der Waals surface area contributed by atoms with E-state index in [0.717, 1.165) is 31.4 Å². The molecule has 5 heteroatoms. The average Bonchev–Trinajstić information content (AvgIpc) is 2.66. The lowest BCUT2D eigenvalue weighted by atomic mass is 9.59. The summed E-state index contributed by atoms with van der Waals surface area (Å²) in [6.45, 7) is 8.16. The highest BCUT2D eigenvalue weighted by Gasteiger charge is 2.48. The van der Waals surface area contributed by atoms with Gasteiger partial charge in [-0.05, 0) is 68.5 Å². The van der Waals surface area contributed by atoms with Crippen LogP contribution in [0.3, 0.4) is 0 Å². The van der Waals surface area contributed by atoms with Gasteiger partial charge in [0.05, 0.1) is 0 Å². The lowest BCUT2D eigenvalue weighted by Crippen LogP contribution is -2.56. The van der Waals surface area contributed by atoms with Gasteiger partial charge in [-0.2, -0.15) is 0 Å². The summed E-state index contributed by atoms with van der Waals surface area (Å²) < 4.78 is 0. The maximum absolute atomic E-state index is 11.5. The minimum absolute atomic E-state index is 0.244. The molecule has 142 valence electrons. The average molecular weight is 357 g/mol. The van der Waals surface area contributed by atoms with E-state index in [1.165, 1.54) is 57.2 Å². The summed E-state index contributed by atoms with van der Waals surface area (Å²) >= 11 is 0. The minimum atomic E-state index is 0.244. The fraction of sp³-hybridized carbons (Fsp3) is 0.762. The first-order chi connectivity index (χ1) is 12.6. The molecule has 0 radical (unpaired) electrons. The van der Waals surface area contributed by atoms with Crippen LogP contribution in [0.4, 0.5) is 0 Å². The van der Waals surface area contributed by atoms with E-state index in [1.807, 2.05) is 17.3 Å². The van der Waals surface area contributed by atoms with Crippen molar-refractivity contribution in [1.82, 2.24) is 19.8 Å². The maximum Gasteiger partial charge on any atom is 0.219 e. The van der Waals surface area contributed by atoms with E-state index < -0.39 is 0 Å². The predicted octanol–water partition coefficient (Wildman–Crippen LogP) is 3.01. The number of likely N-dealkylation sites (tertiary alicyclic amines) is 2. The van der Waals surface area contributed by atoms with Crippen molar-refractivity contribution in [3.63, 3.8) is 0 Å². The normalized spacial score (nSPS) is 24.6. The van der Waals surface area contributed by atoms with Crippen molar-refractivity contribution < 1.29 is 4.79 Å². The molecule has 2 saturated heterocycles. The zero-order chi connectivity index (χ0) is 18.1. The molecule has 0 aromatic carbocycles. The highest BCUT2D eigenvalue weighted by molar-refractivity contribution is 5.73. The first kappa shape index (κ1) is 17.9. The van der Waals surface area contributed by atoms with Gasteiger partial charge in [-0.15, -0.1) is 0 Å². The van der Waals surface area contributed by atoms with Crippen molar-refractivity contribution in [2.45, 2.75) is 70.8 Å². The van der Waals surface area contributed by atoms with Gasteiger partial charge in [-0.25, -0.2) is 9.97 Å². The third-order valence-corrected chi connectivity index (χ3v) is 7.17. The molecule has 1 saturated carbocycles. The Balaban J connectivity index is 1.24. The van der Waals surface area contributed by atoms with Gasteiger partial charge in [0.15, 0.2) is 0 Å². The van der Waals surface area contributed by atoms with E-state index in [0.29, 0.717) is 11.3 Å². The van der Waals surface area contributed by atoms with E-state index in [-0.39, 0.29) is 5.91 Å². The molecule has 5 nitrogen and oxygen atoms in total. The van der Waals surface area contributed by atoms with Gasteiger partial charge in [-0.3, -0.25) is 4.79 Å². The molecule has 0 atom stereocenters. The molecule has 4 rings (SSSR count). The zero-order valence-electron chi connectivity index (χ0n) is 16.3. The Hall–Kier alpha value is -1.49. The van der Waals surface area contributed by atoms with Gasteiger partial charge in [0.2, 0.25) is 5.91 Å². The first-order valence-electron chi connectivity index (χ1n) is 10.4. The number of rotatable bonds is 3. The molecule has 3 fully saturated rings. The van der Waals surface area contributed by atoms with Crippen molar-refractivity contribution in [1.29, 1.82) is 0 Å². The van der Waals surface area contributed by atoms with Crippen LogP contribution in [-0.2, 0) is 11.2 Å². The number of carbonyl (C=O) groups excluding carboxylic acids is 1. The predicted molar refractivity (Wildman–Crippen MR) is 102 cm³/mol. The molecule has 26 heavy (non-hydrogen) atoms. The second-order valence-corrected chi connectivity index (χ2v) is 8.66. The van der Waals surface area contributed by atoms with E-state index in [9.17, 15) is 4.79 Å². The summed E-state index contributed by atoms with van der Waals surface area (Å²) in [5.41, 5.74) is 1.86. The zero-order valence-corrected chi connectivity index (χ0v) is 16.3. The number of hydrogen-bond acceptors (Lipinski definition) is 4.